The number of carbonyl (C=O) groups is 1. The van der Waals surface area contributed by atoms with Crippen LogP contribution < -0.4 is 0 Å². The molecule has 0 saturated carbocycles. The molecule has 0 amide bonds. The van der Waals surface area contributed by atoms with Crippen LogP contribution in [0.25, 0.3) is 11.0 Å². The summed E-state index contributed by atoms with van der Waals surface area (Å²) >= 11 is 6.21. The zero-order chi connectivity index (χ0) is 26.6. The number of alkyl halides is 3. The van der Waals surface area contributed by atoms with Gasteiger partial charge in [-0.2, -0.15) is 13.2 Å². The normalized spacial score (nSPS) is 12.5. The molecule has 9 heteroatoms. The van der Waals surface area contributed by atoms with E-state index in [9.17, 15) is 18.0 Å². The minimum absolute atomic E-state index is 0. The molecule has 4 rings (SSSR count). The Bertz CT molecular complexity index is 1370. The zero-order valence-corrected chi connectivity index (χ0v) is 22.2. The maximum absolute atomic E-state index is 13.4. The number of nitrogens with zero attached hydrogens (tertiary/aromatic N) is 1. The summed E-state index contributed by atoms with van der Waals surface area (Å²) < 4.78 is 46.2. The summed E-state index contributed by atoms with van der Waals surface area (Å²) in [4.78, 5) is 13.1. The Morgan fingerprint density at radius 1 is 1.05 bits per heavy atom. The molecule has 0 aliphatic carbocycles. The lowest BCUT2D eigenvalue weighted by Crippen LogP contribution is -2.30. The summed E-state index contributed by atoms with van der Waals surface area (Å²) in [6.45, 7) is 3.48. The van der Waals surface area contributed by atoms with Gasteiger partial charge in [-0.15, -0.1) is 12.4 Å². The van der Waals surface area contributed by atoms with Gasteiger partial charge < -0.3 is 9.52 Å². The maximum atomic E-state index is 13.4. The number of carboxylic acid groups (broad SMARTS) is 1. The van der Waals surface area contributed by atoms with E-state index in [2.05, 4.69) is 11.8 Å². The molecule has 0 aliphatic rings. The third kappa shape index (κ3) is 7.53. The molecule has 38 heavy (non-hydrogen) atoms. The van der Waals surface area contributed by atoms with E-state index >= 15 is 0 Å². The summed E-state index contributed by atoms with van der Waals surface area (Å²) in [7, 11) is 0. The average Bonchev–Trinajstić information content (AvgIpc) is 3.25. The minimum Gasteiger partial charge on any atom is -0.481 e. The van der Waals surface area contributed by atoms with Gasteiger partial charge in [-0.05, 0) is 46.9 Å². The van der Waals surface area contributed by atoms with Gasteiger partial charge in [0.25, 0.3) is 0 Å². The molecule has 202 valence electrons. The standard InChI is InChI=1S/C29H27ClF3NO3.ClH/c1-19(21-6-3-2-4-7-21)17-34(18-22-8-5-9-25(28(22)30)29(31,32)33)13-12-24-16-23-14-20(15-27(35)36)10-11-26(23)37-24;/h2-11,14,16,19H,12-13,15,17-18H2,1H3,(H,35,36);1H/t19-;/m0./s1. The van der Waals surface area contributed by atoms with E-state index in [1.807, 2.05) is 36.4 Å². The Balaban J connectivity index is 0.00000400. The molecule has 1 N–H and O–H groups in total. The highest BCUT2D eigenvalue weighted by Gasteiger charge is 2.34. The number of hydrogen-bond donors (Lipinski definition) is 1. The molecule has 0 radical (unpaired) electrons. The lowest BCUT2D eigenvalue weighted by atomic mass is 10.00. The fourth-order valence-corrected chi connectivity index (χ4v) is 4.79. The first-order chi connectivity index (χ1) is 17.6. The van der Waals surface area contributed by atoms with Crippen LogP contribution in [0.15, 0.2) is 77.2 Å². The smallest absolute Gasteiger partial charge is 0.417 e. The summed E-state index contributed by atoms with van der Waals surface area (Å²) in [5.74, 6) is -0.0468. The lowest BCUT2D eigenvalue weighted by molar-refractivity contribution is -0.138. The van der Waals surface area contributed by atoms with E-state index in [4.69, 9.17) is 21.1 Å². The van der Waals surface area contributed by atoms with E-state index in [-0.39, 0.29) is 36.3 Å². The number of furan rings is 1. The first-order valence-electron chi connectivity index (χ1n) is 11.9. The van der Waals surface area contributed by atoms with Crippen LogP contribution in [0.5, 0.6) is 0 Å². The molecule has 1 atom stereocenters. The number of benzene rings is 3. The zero-order valence-electron chi connectivity index (χ0n) is 20.7. The predicted octanol–water partition coefficient (Wildman–Crippen LogP) is 8.00. The SMILES string of the molecule is C[C@@H](CN(CCc1cc2cc(CC(=O)O)ccc2o1)Cc1cccc(C(F)(F)F)c1Cl)c1ccccc1.Cl. The number of rotatable bonds is 10. The molecule has 0 spiro atoms. The number of aliphatic carboxylic acids is 1. The molecular formula is C29H28Cl2F3NO3. The van der Waals surface area contributed by atoms with Crippen LogP contribution in [0.1, 0.15) is 40.9 Å². The van der Waals surface area contributed by atoms with Crippen molar-refractivity contribution in [3.05, 3.63) is 106 Å². The second-order valence-corrected chi connectivity index (χ2v) is 9.61. The third-order valence-corrected chi connectivity index (χ3v) is 6.79. The van der Waals surface area contributed by atoms with Crippen LogP contribution >= 0.6 is 24.0 Å². The molecule has 1 aromatic heterocycles. The molecule has 4 nitrogen and oxygen atoms in total. The minimum atomic E-state index is -4.52. The second-order valence-electron chi connectivity index (χ2n) is 9.23. The van der Waals surface area contributed by atoms with Crippen molar-refractivity contribution in [1.29, 1.82) is 0 Å². The molecule has 0 aliphatic heterocycles. The van der Waals surface area contributed by atoms with E-state index < -0.39 is 17.7 Å². The predicted molar refractivity (Wildman–Crippen MR) is 145 cm³/mol. The van der Waals surface area contributed by atoms with Crippen LogP contribution in [-0.4, -0.2) is 29.1 Å². The van der Waals surface area contributed by atoms with Gasteiger partial charge in [-0.25, -0.2) is 0 Å². The lowest BCUT2D eigenvalue weighted by Gasteiger charge is -2.27. The first-order valence-corrected chi connectivity index (χ1v) is 12.3. The van der Waals surface area contributed by atoms with E-state index in [0.717, 1.165) is 22.8 Å². The van der Waals surface area contributed by atoms with Gasteiger partial charge >= 0.3 is 12.1 Å². The van der Waals surface area contributed by atoms with Gasteiger partial charge in [-0.1, -0.05) is 67.1 Å². The van der Waals surface area contributed by atoms with Gasteiger partial charge in [0.15, 0.2) is 0 Å². The third-order valence-electron chi connectivity index (χ3n) is 6.34. The van der Waals surface area contributed by atoms with Crippen molar-refractivity contribution in [3.8, 4) is 0 Å². The molecular weight excluding hydrogens is 538 g/mol. The van der Waals surface area contributed by atoms with Crippen LogP contribution in [0.4, 0.5) is 13.2 Å². The number of halogens is 5. The Kier molecular flexibility index (Phi) is 9.88. The summed E-state index contributed by atoms with van der Waals surface area (Å²) in [5, 5.41) is 9.59. The van der Waals surface area contributed by atoms with Crippen LogP contribution in [0.2, 0.25) is 5.02 Å². The summed E-state index contributed by atoms with van der Waals surface area (Å²) in [5.41, 5.74) is 2.06. The highest BCUT2D eigenvalue weighted by Crippen LogP contribution is 2.36. The Labute approximate surface area is 230 Å². The summed E-state index contributed by atoms with van der Waals surface area (Å²) in [6.07, 6.45) is -4.07. The van der Waals surface area contributed by atoms with Crippen molar-refractivity contribution in [2.45, 2.75) is 38.4 Å². The van der Waals surface area contributed by atoms with E-state index in [0.29, 0.717) is 36.2 Å². The van der Waals surface area contributed by atoms with Crippen LogP contribution in [-0.2, 0) is 30.4 Å². The van der Waals surface area contributed by atoms with Crippen molar-refractivity contribution in [1.82, 2.24) is 4.90 Å². The highest BCUT2D eigenvalue weighted by molar-refractivity contribution is 6.32. The van der Waals surface area contributed by atoms with Crippen molar-refractivity contribution < 1.29 is 27.5 Å². The average molecular weight is 566 g/mol. The monoisotopic (exact) mass is 565 g/mol. The topological polar surface area (TPSA) is 53.7 Å². The van der Waals surface area contributed by atoms with Crippen LogP contribution in [0.3, 0.4) is 0 Å². The Hall–Kier alpha value is -3.00. The van der Waals surface area contributed by atoms with Gasteiger partial charge in [0, 0.05) is 31.4 Å². The number of hydrogen-bond acceptors (Lipinski definition) is 3. The quantitative estimate of drug-likeness (QED) is 0.211. The Morgan fingerprint density at radius 2 is 1.79 bits per heavy atom. The maximum Gasteiger partial charge on any atom is 0.417 e. The van der Waals surface area contributed by atoms with Gasteiger partial charge in [0.05, 0.1) is 17.0 Å². The fourth-order valence-electron chi connectivity index (χ4n) is 4.49. The summed E-state index contributed by atoms with van der Waals surface area (Å²) in [6, 6.07) is 21.1. The molecule has 1 heterocycles. The molecule has 0 fully saturated rings. The molecule has 0 unspecified atom stereocenters. The van der Waals surface area contributed by atoms with Crippen molar-refractivity contribution in [2.75, 3.05) is 13.1 Å². The molecule has 0 saturated heterocycles. The molecule has 3 aromatic carbocycles. The van der Waals surface area contributed by atoms with Crippen molar-refractivity contribution in [2.24, 2.45) is 0 Å². The van der Waals surface area contributed by atoms with Gasteiger partial charge in [0.2, 0.25) is 0 Å². The molecule has 4 aromatic rings. The highest BCUT2D eigenvalue weighted by atomic mass is 35.5. The first kappa shape index (κ1) is 29.6. The van der Waals surface area contributed by atoms with Crippen molar-refractivity contribution in [3.63, 3.8) is 0 Å². The van der Waals surface area contributed by atoms with Gasteiger partial charge in [0.1, 0.15) is 11.3 Å². The number of carboxylic acids is 1. The van der Waals surface area contributed by atoms with Crippen molar-refractivity contribution >= 4 is 40.9 Å². The van der Waals surface area contributed by atoms with E-state index in [1.165, 1.54) is 6.07 Å². The second kappa shape index (κ2) is 12.7. The number of fused-ring (bicyclic) bond motifs is 1. The fraction of sp³-hybridized carbons (Fsp3) is 0.276. The van der Waals surface area contributed by atoms with Crippen LogP contribution in [0, 0.1) is 0 Å². The Morgan fingerprint density at radius 3 is 2.47 bits per heavy atom. The van der Waals surface area contributed by atoms with Gasteiger partial charge in [-0.3, -0.25) is 9.69 Å². The largest absolute Gasteiger partial charge is 0.481 e. The molecule has 0 bridgehead atoms. The van der Waals surface area contributed by atoms with E-state index in [1.54, 1.807) is 24.3 Å².